The summed E-state index contributed by atoms with van der Waals surface area (Å²) >= 11 is 1.95. The van der Waals surface area contributed by atoms with E-state index in [1.807, 2.05) is 39.5 Å². The minimum absolute atomic E-state index is 0.102. The van der Waals surface area contributed by atoms with Crippen LogP contribution in [0.3, 0.4) is 0 Å². The second kappa shape index (κ2) is 6.80. The van der Waals surface area contributed by atoms with Gasteiger partial charge in [0.25, 0.3) is 0 Å². The first kappa shape index (κ1) is 15.8. The van der Waals surface area contributed by atoms with E-state index in [0.717, 1.165) is 5.25 Å². The van der Waals surface area contributed by atoms with Gasteiger partial charge in [0.15, 0.2) is 0 Å². The largest absolute Gasteiger partial charge is 0.350 e. The molecule has 2 N–H and O–H groups in total. The molecule has 1 rings (SSSR count). The van der Waals surface area contributed by atoms with Gasteiger partial charge in [0.1, 0.15) is 0 Å². The van der Waals surface area contributed by atoms with Crippen molar-refractivity contribution in [3.63, 3.8) is 0 Å². The monoisotopic (exact) mass is 272 g/mol. The van der Waals surface area contributed by atoms with Crippen LogP contribution in [0.15, 0.2) is 0 Å². The molecular weight excluding hydrogens is 244 g/mol. The average Bonchev–Trinajstić information content (AvgIpc) is 2.27. The highest BCUT2D eigenvalue weighted by atomic mass is 32.2. The van der Waals surface area contributed by atoms with E-state index in [0.29, 0.717) is 6.04 Å². The molecule has 0 aromatic carbocycles. The Morgan fingerprint density at radius 3 is 2.56 bits per heavy atom. The van der Waals surface area contributed by atoms with Crippen molar-refractivity contribution in [2.75, 3.05) is 6.26 Å². The third-order valence-electron chi connectivity index (χ3n) is 3.34. The Kier molecular flexibility index (Phi) is 5.99. The van der Waals surface area contributed by atoms with Gasteiger partial charge in [-0.25, -0.2) is 0 Å². The molecule has 0 aromatic rings. The van der Waals surface area contributed by atoms with Crippen LogP contribution < -0.4 is 10.6 Å². The molecule has 1 saturated carbocycles. The summed E-state index contributed by atoms with van der Waals surface area (Å²) in [7, 11) is 0. The second-order valence-electron chi connectivity index (χ2n) is 6.35. The number of hydrogen-bond acceptors (Lipinski definition) is 3. The van der Waals surface area contributed by atoms with Crippen molar-refractivity contribution in [2.45, 2.75) is 76.3 Å². The van der Waals surface area contributed by atoms with Crippen LogP contribution in [0.25, 0.3) is 0 Å². The van der Waals surface area contributed by atoms with E-state index < -0.39 is 0 Å². The van der Waals surface area contributed by atoms with Crippen molar-refractivity contribution >= 4 is 17.7 Å². The number of carbonyl (C=O) groups is 1. The maximum atomic E-state index is 12.0. The first-order chi connectivity index (χ1) is 8.31. The van der Waals surface area contributed by atoms with Crippen LogP contribution in [0.2, 0.25) is 0 Å². The quantitative estimate of drug-likeness (QED) is 0.826. The van der Waals surface area contributed by atoms with Gasteiger partial charge in [-0.05, 0) is 53.2 Å². The van der Waals surface area contributed by atoms with E-state index in [1.54, 1.807) is 0 Å². The lowest BCUT2D eigenvalue weighted by Crippen LogP contribution is -2.52. The SMILES string of the molecule is CSC1CCCC(NC(C)C(=O)NC(C)(C)C)C1. The Morgan fingerprint density at radius 1 is 1.33 bits per heavy atom. The normalized spacial score (nSPS) is 26.7. The summed E-state index contributed by atoms with van der Waals surface area (Å²) in [5.41, 5.74) is -0.151. The summed E-state index contributed by atoms with van der Waals surface area (Å²) < 4.78 is 0. The molecule has 3 atom stereocenters. The predicted octanol–water partition coefficient (Wildman–Crippen LogP) is 2.55. The van der Waals surface area contributed by atoms with Gasteiger partial charge in [-0.1, -0.05) is 6.42 Å². The number of carbonyl (C=O) groups excluding carboxylic acids is 1. The highest BCUT2D eigenvalue weighted by molar-refractivity contribution is 7.99. The average molecular weight is 272 g/mol. The Labute approximate surface area is 116 Å². The first-order valence-electron chi connectivity index (χ1n) is 6.92. The standard InChI is InChI=1S/C14H28N2OS/c1-10(13(17)16-14(2,3)4)15-11-7-6-8-12(9-11)18-5/h10-12,15H,6-9H2,1-5H3,(H,16,17). The van der Waals surface area contributed by atoms with E-state index >= 15 is 0 Å². The highest BCUT2D eigenvalue weighted by Gasteiger charge is 2.25. The fourth-order valence-electron chi connectivity index (χ4n) is 2.42. The van der Waals surface area contributed by atoms with Crippen molar-refractivity contribution < 1.29 is 4.79 Å². The summed E-state index contributed by atoms with van der Waals surface area (Å²) in [4.78, 5) is 12.0. The molecule has 0 saturated heterocycles. The fourth-order valence-corrected chi connectivity index (χ4v) is 3.24. The Bertz CT molecular complexity index is 275. The van der Waals surface area contributed by atoms with E-state index in [9.17, 15) is 4.79 Å². The van der Waals surface area contributed by atoms with E-state index in [4.69, 9.17) is 0 Å². The summed E-state index contributed by atoms with van der Waals surface area (Å²) in [5, 5.41) is 7.27. The van der Waals surface area contributed by atoms with Crippen molar-refractivity contribution in [1.29, 1.82) is 0 Å². The third-order valence-corrected chi connectivity index (χ3v) is 4.43. The van der Waals surface area contributed by atoms with E-state index in [-0.39, 0.29) is 17.5 Å². The summed E-state index contributed by atoms with van der Waals surface area (Å²) in [5.74, 6) is 0.105. The van der Waals surface area contributed by atoms with Crippen LogP contribution >= 0.6 is 11.8 Å². The summed E-state index contributed by atoms with van der Waals surface area (Å²) in [6.07, 6.45) is 7.17. The summed E-state index contributed by atoms with van der Waals surface area (Å²) in [6.45, 7) is 8.01. The summed E-state index contributed by atoms with van der Waals surface area (Å²) in [6, 6.07) is 0.395. The van der Waals surface area contributed by atoms with Crippen LogP contribution in [0.1, 0.15) is 53.4 Å². The Hall–Kier alpha value is -0.220. The lowest BCUT2D eigenvalue weighted by molar-refractivity contribution is -0.124. The molecule has 106 valence electrons. The minimum atomic E-state index is -0.151. The van der Waals surface area contributed by atoms with Gasteiger partial charge in [-0.3, -0.25) is 4.79 Å². The van der Waals surface area contributed by atoms with Crippen molar-refractivity contribution in [1.82, 2.24) is 10.6 Å². The molecule has 4 heteroatoms. The minimum Gasteiger partial charge on any atom is -0.350 e. The van der Waals surface area contributed by atoms with E-state index in [1.165, 1.54) is 25.7 Å². The molecule has 3 unspecified atom stereocenters. The smallest absolute Gasteiger partial charge is 0.237 e. The molecule has 18 heavy (non-hydrogen) atoms. The topological polar surface area (TPSA) is 41.1 Å². The molecule has 1 aliphatic carbocycles. The van der Waals surface area contributed by atoms with Crippen molar-refractivity contribution in [3.05, 3.63) is 0 Å². The van der Waals surface area contributed by atoms with Gasteiger partial charge in [0, 0.05) is 16.8 Å². The van der Waals surface area contributed by atoms with Gasteiger partial charge in [0.2, 0.25) is 5.91 Å². The van der Waals surface area contributed by atoms with Gasteiger partial charge in [0.05, 0.1) is 6.04 Å². The molecule has 1 fully saturated rings. The Balaban J connectivity index is 2.39. The van der Waals surface area contributed by atoms with Crippen molar-refractivity contribution in [3.8, 4) is 0 Å². The molecule has 0 aliphatic heterocycles. The van der Waals surface area contributed by atoms with Gasteiger partial charge >= 0.3 is 0 Å². The van der Waals surface area contributed by atoms with Crippen LogP contribution in [0.4, 0.5) is 0 Å². The lowest BCUT2D eigenvalue weighted by atomic mass is 9.94. The second-order valence-corrected chi connectivity index (χ2v) is 7.49. The van der Waals surface area contributed by atoms with Crippen LogP contribution in [-0.2, 0) is 4.79 Å². The fraction of sp³-hybridized carbons (Fsp3) is 0.929. The first-order valence-corrected chi connectivity index (χ1v) is 8.21. The molecule has 0 bridgehead atoms. The third kappa shape index (κ3) is 5.61. The molecular formula is C14H28N2OS. The number of amides is 1. The molecule has 1 amide bonds. The number of hydrogen-bond donors (Lipinski definition) is 2. The number of nitrogens with one attached hydrogen (secondary N) is 2. The van der Waals surface area contributed by atoms with Gasteiger partial charge in [-0.2, -0.15) is 11.8 Å². The maximum Gasteiger partial charge on any atom is 0.237 e. The molecule has 0 aromatic heterocycles. The molecule has 1 aliphatic rings. The lowest BCUT2D eigenvalue weighted by Gasteiger charge is -2.31. The van der Waals surface area contributed by atoms with Crippen molar-refractivity contribution in [2.24, 2.45) is 0 Å². The zero-order chi connectivity index (χ0) is 13.8. The van der Waals surface area contributed by atoms with Gasteiger partial charge < -0.3 is 10.6 Å². The molecule has 0 radical (unpaired) electrons. The maximum absolute atomic E-state index is 12.0. The molecule has 0 spiro atoms. The Morgan fingerprint density at radius 2 is 2.00 bits per heavy atom. The predicted molar refractivity (Wildman–Crippen MR) is 80.1 cm³/mol. The van der Waals surface area contributed by atoms with E-state index in [2.05, 4.69) is 16.9 Å². The number of thioether (sulfide) groups is 1. The van der Waals surface area contributed by atoms with Gasteiger partial charge in [-0.15, -0.1) is 0 Å². The molecule has 0 heterocycles. The number of rotatable bonds is 4. The van der Waals surface area contributed by atoms with Crippen LogP contribution in [-0.4, -0.2) is 35.0 Å². The zero-order valence-corrected chi connectivity index (χ0v) is 13.2. The van der Waals surface area contributed by atoms with Crippen LogP contribution in [0, 0.1) is 0 Å². The molecule has 3 nitrogen and oxygen atoms in total. The highest BCUT2D eigenvalue weighted by Crippen LogP contribution is 2.27. The van der Waals surface area contributed by atoms with Crippen LogP contribution in [0.5, 0.6) is 0 Å². The zero-order valence-electron chi connectivity index (χ0n) is 12.4.